The fraction of sp³-hybridized carbons (Fsp3) is 0.320. The average molecular weight is 501 g/mol. The number of rotatable bonds is 12. The Hall–Kier alpha value is -2.88. The van der Waals surface area contributed by atoms with Gasteiger partial charge in [0.15, 0.2) is 0 Å². The van der Waals surface area contributed by atoms with Crippen LogP contribution in [-0.4, -0.2) is 47.1 Å². The van der Waals surface area contributed by atoms with Crippen LogP contribution < -0.4 is 10.1 Å². The molecule has 2 N–H and O–H groups in total. The van der Waals surface area contributed by atoms with E-state index in [2.05, 4.69) is 10.3 Å². The lowest BCUT2D eigenvalue weighted by atomic mass is 9.93. The minimum absolute atomic E-state index is 0.354. The maximum absolute atomic E-state index is 13.1. The number of aryl methyl sites for hydroxylation is 1. The minimum Gasteiger partial charge on any atom is -0.480 e. The molecule has 0 aliphatic heterocycles. The maximum Gasteiger partial charge on any atom is 0.326 e. The maximum atomic E-state index is 13.1. The normalized spacial score (nSPS) is 11.7. The zero-order chi connectivity index (χ0) is 24.5. The molecule has 7 nitrogen and oxygen atoms in total. The Balaban J connectivity index is 1.83. The minimum atomic E-state index is -1.04. The first-order valence-electron chi connectivity index (χ1n) is 10.7. The summed E-state index contributed by atoms with van der Waals surface area (Å²) in [5.74, 6) is -0.801. The van der Waals surface area contributed by atoms with E-state index in [0.717, 1.165) is 27.1 Å². The molecule has 1 amide bonds. The van der Waals surface area contributed by atoms with Crippen LogP contribution in [0.25, 0.3) is 11.1 Å². The summed E-state index contributed by atoms with van der Waals surface area (Å²) >= 11 is 2.97. The van der Waals surface area contributed by atoms with Crippen molar-refractivity contribution in [3.05, 3.63) is 70.2 Å². The van der Waals surface area contributed by atoms with Gasteiger partial charge < -0.3 is 19.9 Å². The fourth-order valence-corrected chi connectivity index (χ4v) is 4.56. The fourth-order valence-electron chi connectivity index (χ4n) is 3.43. The van der Waals surface area contributed by atoms with Crippen molar-refractivity contribution in [2.45, 2.75) is 32.6 Å². The molecule has 0 saturated carbocycles. The van der Waals surface area contributed by atoms with Gasteiger partial charge in [0.1, 0.15) is 6.04 Å². The first kappa shape index (κ1) is 25.7. The van der Waals surface area contributed by atoms with Crippen LogP contribution in [0.3, 0.4) is 0 Å². The predicted octanol–water partition coefficient (Wildman–Crippen LogP) is 4.78. The number of aromatic nitrogens is 1. The van der Waals surface area contributed by atoms with Gasteiger partial charge in [0, 0.05) is 11.8 Å². The molecule has 3 aromatic rings. The van der Waals surface area contributed by atoms with Crippen LogP contribution in [0.2, 0.25) is 0 Å². The second-order valence-corrected chi connectivity index (χ2v) is 9.69. The van der Waals surface area contributed by atoms with Gasteiger partial charge in [-0.25, -0.2) is 9.78 Å². The predicted molar refractivity (Wildman–Crippen MR) is 136 cm³/mol. The highest BCUT2D eigenvalue weighted by Crippen LogP contribution is 2.29. The van der Waals surface area contributed by atoms with E-state index >= 15 is 0 Å². The van der Waals surface area contributed by atoms with Crippen molar-refractivity contribution in [3.8, 4) is 16.3 Å². The summed E-state index contributed by atoms with van der Waals surface area (Å²) in [6.07, 6.45) is 3.99. The number of thiazole rings is 1. The molecule has 0 aliphatic rings. The SMILES string of the molecule is COc1ncc(COCc2ccc(C(=O)NC(CCSC)C(=O)O)c(-c3ccccc3C)c2)s1. The van der Waals surface area contributed by atoms with E-state index in [9.17, 15) is 14.7 Å². The number of aliphatic carboxylic acids is 1. The number of hydrogen-bond acceptors (Lipinski definition) is 7. The summed E-state index contributed by atoms with van der Waals surface area (Å²) < 4.78 is 11.0. The molecule has 0 aliphatic carbocycles. The van der Waals surface area contributed by atoms with Crippen LogP contribution in [-0.2, 0) is 22.7 Å². The van der Waals surface area contributed by atoms with Crippen LogP contribution in [0.15, 0.2) is 48.7 Å². The summed E-state index contributed by atoms with van der Waals surface area (Å²) in [6, 6.07) is 12.4. The van der Waals surface area contributed by atoms with E-state index in [1.165, 1.54) is 11.3 Å². The van der Waals surface area contributed by atoms with Gasteiger partial charge in [0.05, 0.1) is 25.2 Å². The van der Waals surface area contributed by atoms with Gasteiger partial charge in [-0.15, -0.1) is 0 Å². The number of amides is 1. The quantitative estimate of drug-likeness (QED) is 0.369. The molecule has 0 spiro atoms. The molecule has 0 radical (unpaired) electrons. The summed E-state index contributed by atoms with van der Waals surface area (Å²) in [5, 5.41) is 12.8. The molecule has 9 heteroatoms. The van der Waals surface area contributed by atoms with Crippen molar-refractivity contribution in [2.75, 3.05) is 19.1 Å². The summed E-state index contributed by atoms with van der Waals surface area (Å²) in [5.41, 5.74) is 4.01. The number of carbonyl (C=O) groups is 2. The number of thioether (sulfide) groups is 1. The first-order valence-corrected chi connectivity index (χ1v) is 12.9. The topological polar surface area (TPSA) is 97.8 Å². The lowest BCUT2D eigenvalue weighted by molar-refractivity contribution is -0.139. The number of nitrogens with one attached hydrogen (secondary N) is 1. The molecular weight excluding hydrogens is 472 g/mol. The zero-order valence-corrected chi connectivity index (χ0v) is 21.0. The number of carboxylic acids is 1. The number of ether oxygens (including phenoxy) is 2. The molecule has 3 rings (SSSR count). The van der Waals surface area contributed by atoms with Crippen molar-refractivity contribution in [2.24, 2.45) is 0 Å². The van der Waals surface area contributed by atoms with Gasteiger partial charge in [-0.2, -0.15) is 11.8 Å². The van der Waals surface area contributed by atoms with Gasteiger partial charge in [0.25, 0.3) is 11.1 Å². The molecule has 0 fully saturated rings. The number of carboxylic acid groups (broad SMARTS) is 1. The summed E-state index contributed by atoms with van der Waals surface area (Å²) in [4.78, 5) is 29.9. The van der Waals surface area contributed by atoms with Crippen LogP contribution >= 0.6 is 23.1 Å². The van der Waals surface area contributed by atoms with E-state index in [0.29, 0.717) is 36.1 Å². The molecule has 1 aromatic heterocycles. The Labute approximate surface area is 207 Å². The molecule has 0 saturated heterocycles. The van der Waals surface area contributed by atoms with Crippen LogP contribution in [0.5, 0.6) is 5.19 Å². The van der Waals surface area contributed by atoms with Gasteiger partial charge in [-0.05, 0) is 59.7 Å². The van der Waals surface area contributed by atoms with E-state index in [1.807, 2.05) is 49.6 Å². The van der Waals surface area contributed by atoms with Crippen LogP contribution in [0.1, 0.15) is 32.8 Å². The van der Waals surface area contributed by atoms with Crippen molar-refractivity contribution >= 4 is 35.0 Å². The van der Waals surface area contributed by atoms with E-state index in [1.54, 1.807) is 31.1 Å². The van der Waals surface area contributed by atoms with Gasteiger partial charge in [-0.1, -0.05) is 41.7 Å². The molecule has 0 bridgehead atoms. The summed E-state index contributed by atoms with van der Waals surface area (Å²) in [6.45, 7) is 2.74. The number of hydrogen-bond donors (Lipinski definition) is 2. The standard InChI is InChI=1S/C25H28N2O5S2/c1-16-6-4-5-7-19(16)21-12-17(14-32-15-18-13-26-25(31-2)34-18)8-9-20(21)23(28)27-22(24(29)30)10-11-33-3/h4-9,12-13,22H,10-11,14-15H2,1-3H3,(H,27,28)(H,29,30). The molecule has 1 unspecified atom stereocenters. The highest BCUT2D eigenvalue weighted by atomic mass is 32.2. The summed E-state index contributed by atoms with van der Waals surface area (Å²) in [7, 11) is 1.58. The highest BCUT2D eigenvalue weighted by Gasteiger charge is 2.22. The molecule has 34 heavy (non-hydrogen) atoms. The third-order valence-electron chi connectivity index (χ3n) is 5.20. The average Bonchev–Trinajstić information content (AvgIpc) is 3.29. The number of carbonyl (C=O) groups excluding carboxylic acids is 1. The van der Waals surface area contributed by atoms with Gasteiger partial charge in [0.2, 0.25) is 0 Å². The Morgan fingerprint density at radius 2 is 1.97 bits per heavy atom. The second-order valence-electron chi connectivity index (χ2n) is 7.63. The lowest BCUT2D eigenvalue weighted by Crippen LogP contribution is -2.41. The van der Waals surface area contributed by atoms with E-state index in [-0.39, 0.29) is 0 Å². The first-order chi connectivity index (χ1) is 16.4. The molecule has 180 valence electrons. The highest BCUT2D eigenvalue weighted by molar-refractivity contribution is 7.98. The smallest absolute Gasteiger partial charge is 0.326 e. The van der Waals surface area contributed by atoms with E-state index < -0.39 is 17.9 Å². The third-order valence-corrected chi connectivity index (χ3v) is 6.77. The van der Waals surface area contributed by atoms with Crippen molar-refractivity contribution < 1.29 is 24.2 Å². The number of benzene rings is 2. The Morgan fingerprint density at radius 3 is 2.65 bits per heavy atom. The molecule has 2 aromatic carbocycles. The van der Waals surface area contributed by atoms with Gasteiger partial charge >= 0.3 is 5.97 Å². The van der Waals surface area contributed by atoms with Crippen molar-refractivity contribution in [1.82, 2.24) is 10.3 Å². The third kappa shape index (κ3) is 6.82. The second kappa shape index (κ2) is 12.5. The Bertz CT molecular complexity index is 1130. The van der Waals surface area contributed by atoms with Crippen LogP contribution in [0, 0.1) is 6.92 Å². The molecule has 1 atom stereocenters. The van der Waals surface area contributed by atoms with Crippen molar-refractivity contribution in [1.29, 1.82) is 0 Å². The lowest BCUT2D eigenvalue weighted by Gasteiger charge is -2.17. The van der Waals surface area contributed by atoms with Gasteiger partial charge in [-0.3, -0.25) is 4.79 Å². The number of nitrogens with zero attached hydrogens (tertiary/aromatic N) is 1. The monoisotopic (exact) mass is 500 g/mol. The largest absolute Gasteiger partial charge is 0.480 e. The van der Waals surface area contributed by atoms with Crippen LogP contribution in [0.4, 0.5) is 0 Å². The molecule has 1 heterocycles. The van der Waals surface area contributed by atoms with Crippen molar-refractivity contribution in [3.63, 3.8) is 0 Å². The van der Waals surface area contributed by atoms with E-state index in [4.69, 9.17) is 9.47 Å². The Morgan fingerprint density at radius 1 is 1.18 bits per heavy atom. The molecular formula is C25H28N2O5S2. The Kier molecular flexibility index (Phi) is 9.50. The zero-order valence-electron chi connectivity index (χ0n) is 19.4. The number of methoxy groups -OCH3 is 1.